The van der Waals surface area contributed by atoms with Gasteiger partial charge in [0.05, 0.1) is 21.3 Å². The van der Waals surface area contributed by atoms with Gasteiger partial charge in [-0.05, 0) is 48.7 Å². The van der Waals surface area contributed by atoms with Crippen molar-refractivity contribution in [2.75, 3.05) is 11.9 Å². The van der Waals surface area contributed by atoms with Crippen LogP contribution in [0.4, 0.5) is 5.69 Å². The minimum Gasteiger partial charge on any atom is -0.360 e. The number of para-hydroxylation sites is 1. The van der Waals surface area contributed by atoms with Gasteiger partial charge in [-0.3, -0.25) is 9.59 Å². The van der Waals surface area contributed by atoms with Crippen LogP contribution in [0.25, 0.3) is 11.3 Å². The number of anilines is 1. The number of fused-ring (bicyclic) bond motifs is 1. The van der Waals surface area contributed by atoms with E-state index in [9.17, 15) is 9.59 Å². The molecule has 2 amide bonds. The van der Waals surface area contributed by atoms with Crippen molar-refractivity contribution < 1.29 is 14.1 Å². The molecule has 5 rings (SSSR count). The zero-order valence-corrected chi connectivity index (χ0v) is 20.4. The summed E-state index contributed by atoms with van der Waals surface area (Å²) in [7, 11) is 0. The predicted octanol–water partition coefficient (Wildman–Crippen LogP) is 6.41. The van der Waals surface area contributed by atoms with E-state index in [4.69, 9.17) is 27.7 Å². The maximum Gasteiger partial charge on any atom is 0.261 e. The van der Waals surface area contributed by atoms with Gasteiger partial charge in [-0.15, -0.1) is 0 Å². The van der Waals surface area contributed by atoms with Crippen molar-refractivity contribution in [2.45, 2.75) is 19.9 Å². The smallest absolute Gasteiger partial charge is 0.261 e. The molecule has 1 aliphatic rings. The molecule has 0 saturated heterocycles. The predicted molar refractivity (Wildman–Crippen MR) is 136 cm³/mol. The number of aromatic nitrogens is 1. The summed E-state index contributed by atoms with van der Waals surface area (Å²) in [6.45, 7) is 2.77. The molecule has 35 heavy (non-hydrogen) atoms. The summed E-state index contributed by atoms with van der Waals surface area (Å²) in [5, 5.41) is 7.61. The second-order valence-electron chi connectivity index (χ2n) is 8.30. The van der Waals surface area contributed by atoms with Gasteiger partial charge in [0, 0.05) is 18.7 Å². The first-order chi connectivity index (χ1) is 16.9. The highest BCUT2D eigenvalue weighted by molar-refractivity contribution is 6.39. The maximum absolute atomic E-state index is 13.5. The van der Waals surface area contributed by atoms with Crippen molar-refractivity contribution in [1.82, 2.24) is 10.1 Å². The molecule has 0 bridgehead atoms. The molecule has 1 aliphatic heterocycles. The average molecular weight is 506 g/mol. The van der Waals surface area contributed by atoms with E-state index in [2.05, 4.69) is 16.5 Å². The summed E-state index contributed by atoms with van der Waals surface area (Å²) >= 11 is 12.7. The van der Waals surface area contributed by atoms with Crippen LogP contribution in [-0.2, 0) is 13.0 Å². The second-order valence-corrected chi connectivity index (χ2v) is 9.12. The molecular formula is C27H21Cl2N3O3. The lowest BCUT2D eigenvalue weighted by Crippen LogP contribution is -2.36. The number of hydrogen-bond donors (Lipinski definition) is 1. The fourth-order valence-electron chi connectivity index (χ4n) is 4.34. The van der Waals surface area contributed by atoms with E-state index in [1.54, 1.807) is 54.3 Å². The number of nitrogens with one attached hydrogen (secondary N) is 1. The van der Waals surface area contributed by atoms with E-state index in [0.717, 1.165) is 12.0 Å². The van der Waals surface area contributed by atoms with Crippen LogP contribution in [0, 0.1) is 6.92 Å². The minimum atomic E-state index is -0.473. The summed E-state index contributed by atoms with van der Waals surface area (Å²) in [5.74, 6) is -0.310. The van der Waals surface area contributed by atoms with Gasteiger partial charge in [0.25, 0.3) is 11.8 Å². The quantitative estimate of drug-likeness (QED) is 0.347. The number of rotatable bonds is 4. The molecular weight excluding hydrogens is 485 g/mol. The standard InChI is InChI=1S/C27H21Cl2N3O3/c1-16-23(25(31-35-16)24-20(28)10-6-11-21(24)29)26(33)30-22-12-5-4-9-19(22)27(34)32-14-13-17-7-2-3-8-18(17)15-32/h2-12H,13-15H2,1H3,(H,30,33). The second kappa shape index (κ2) is 9.56. The highest BCUT2D eigenvalue weighted by Gasteiger charge is 2.27. The van der Waals surface area contributed by atoms with Crippen LogP contribution in [0.2, 0.25) is 10.0 Å². The third-order valence-corrected chi connectivity index (χ3v) is 6.74. The number of hydrogen-bond acceptors (Lipinski definition) is 4. The Labute approximate surface area is 212 Å². The van der Waals surface area contributed by atoms with E-state index in [-0.39, 0.29) is 17.2 Å². The fourth-order valence-corrected chi connectivity index (χ4v) is 4.91. The van der Waals surface area contributed by atoms with E-state index in [0.29, 0.717) is 45.7 Å². The number of carbonyl (C=O) groups is 2. The van der Waals surface area contributed by atoms with Crippen molar-refractivity contribution in [1.29, 1.82) is 0 Å². The van der Waals surface area contributed by atoms with E-state index < -0.39 is 5.91 Å². The van der Waals surface area contributed by atoms with Gasteiger partial charge in [-0.25, -0.2) is 0 Å². The van der Waals surface area contributed by atoms with Crippen molar-refractivity contribution >= 4 is 40.7 Å². The largest absolute Gasteiger partial charge is 0.360 e. The zero-order chi connectivity index (χ0) is 24.5. The Kier molecular flexibility index (Phi) is 6.32. The first-order valence-corrected chi connectivity index (χ1v) is 11.9. The Hall–Kier alpha value is -3.61. The summed E-state index contributed by atoms with van der Waals surface area (Å²) < 4.78 is 5.32. The number of aryl methyl sites for hydroxylation is 1. The number of amides is 2. The molecule has 4 aromatic rings. The number of halogens is 2. The Morgan fingerprint density at radius 3 is 2.40 bits per heavy atom. The van der Waals surface area contributed by atoms with Crippen molar-refractivity contribution in [3.63, 3.8) is 0 Å². The molecule has 6 nitrogen and oxygen atoms in total. The lowest BCUT2D eigenvalue weighted by molar-refractivity contribution is 0.0736. The lowest BCUT2D eigenvalue weighted by atomic mass is 9.99. The molecule has 1 N–H and O–H groups in total. The van der Waals surface area contributed by atoms with Gasteiger partial charge >= 0.3 is 0 Å². The van der Waals surface area contributed by atoms with Gasteiger partial charge in [0.2, 0.25) is 0 Å². The third kappa shape index (κ3) is 4.43. The monoisotopic (exact) mass is 505 g/mol. The van der Waals surface area contributed by atoms with Crippen LogP contribution in [-0.4, -0.2) is 28.4 Å². The maximum atomic E-state index is 13.5. The molecule has 176 valence electrons. The molecule has 0 spiro atoms. The van der Waals surface area contributed by atoms with Crippen LogP contribution in [0.5, 0.6) is 0 Å². The van der Waals surface area contributed by atoms with Gasteiger partial charge in [-0.1, -0.05) is 70.8 Å². The molecule has 0 aliphatic carbocycles. The highest BCUT2D eigenvalue weighted by atomic mass is 35.5. The molecule has 8 heteroatoms. The topological polar surface area (TPSA) is 75.4 Å². The first kappa shape index (κ1) is 23.1. The summed E-state index contributed by atoms with van der Waals surface area (Å²) in [5.41, 5.74) is 4.06. The van der Waals surface area contributed by atoms with Crippen LogP contribution < -0.4 is 5.32 Å². The van der Waals surface area contributed by atoms with Crippen LogP contribution >= 0.6 is 23.2 Å². The van der Waals surface area contributed by atoms with Crippen molar-refractivity contribution in [2.24, 2.45) is 0 Å². The van der Waals surface area contributed by atoms with Gasteiger partial charge < -0.3 is 14.7 Å². The number of benzene rings is 3. The Balaban J connectivity index is 1.44. The molecule has 0 fully saturated rings. The average Bonchev–Trinajstić information content (AvgIpc) is 3.24. The Bertz CT molecular complexity index is 1430. The SMILES string of the molecule is Cc1onc(-c2c(Cl)cccc2Cl)c1C(=O)Nc1ccccc1C(=O)N1CCc2ccccc2C1. The molecule has 0 atom stereocenters. The van der Waals surface area contributed by atoms with Gasteiger partial charge in [0.15, 0.2) is 0 Å². The minimum absolute atomic E-state index is 0.146. The van der Waals surface area contributed by atoms with E-state index in [1.807, 2.05) is 18.2 Å². The molecule has 3 aromatic carbocycles. The molecule has 2 heterocycles. The first-order valence-electron chi connectivity index (χ1n) is 11.1. The highest BCUT2D eigenvalue weighted by Crippen LogP contribution is 2.37. The fraction of sp³-hybridized carbons (Fsp3) is 0.148. The third-order valence-electron chi connectivity index (χ3n) is 6.11. The Morgan fingerprint density at radius 1 is 0.943 bits per heavy atom. The summed E-state index contributed by atoms with van der Waals surface area (Å²) in [6.07, 6.45) is 0.790. The molecule has 0 saturated carbocycles. The molecule has 0 radical (unpaired) electrons. The van der Waals surface area contributed by atoms with Crippen molar-refractivity contribution in [3.8, 4) is 11.3 Å². The number of carbonyl (C=O) groups excluding carboxylic acids is 2. The molecule has 1 aromatic heterocycles. The van der Waals surface area contributed by atoms with Crippen molar-refractivity contribution in [3.05, 3.63) is 105 Å². The summed E-state index contributed by atoms with van der Waals surface area (Å²) in [6, 6.07) is 20.1. The zero-order valence-electron chi connectivity index (χ0n) is 18.8. The lowest BCUT2D eigenvalue weighted by Gasteiger charge is -2.29. The molecule has 0 unspecified atom stereocenters. The van der Waals surface area contributed by atoms with Gasteiger partial charge in [-0.2, -0.15) is 0 Å². The van der Waals surface area contributed by atoms with Crippen LogP contribution in [0.1, 0.15) is 37.6 Å². The number of nitrogens with zero attached hydrogens (tertiary/aromatic N) is 2. The van der Waals surface area contributed by atoms with Gasteiger partial charge in [0.1, 0.15) is 17.0 Å². The Morgan fingerprint density at radius 2 is 1.63 bits per heavy atom. The summed E-state index contributed by atoms with van der Waals surface area (Å²) in [4.78, 5) is 28.7. The normalized spacial score (nSPS) is 12.8. The van der Waals surface area contributed by atoms with Crippen LogP contribution in [0.15, 0.2) is 71.3 Å². The van der Waals surface area contributed by atoms with E-state index >= 15 is 0 Å². The van der Waals surface area contributed by atoms with Crippen LogP contribution in [0.3, 0.4) is 0 Å². The van der Waals surface area contributed by atoms with E-state index in [1.165, 1.54) is 5.56 Å².